The van der Waals surface area contributed by atoms with Crippen molar-refractivity contribution in [1.29, 1.82) is 0 Å². The first-order chi connectivity index (χ1) is 15.2. The number of fused-ring (bicyclic) bond motifs is 1. The van der Waals surface area contributed by atoms with Gasteiger partial charge in [0, 0.05) is 51.9 Å². The van der Waals surface area contributed by atoms with E-state index in [2.05, 4.69) is 31.5 Å². The number of imidazole rings is 1. The summed E-state index contributed by atoms with van der Waals surface area (Å²) in [6, 6.07) is 14.3. The minimum atomic E-state index is 0.689. The van der Waals surface area contributed by atoms with E-state index in [1.165, 1.54) is 5.56 Å². The summed E-state index contributed by atoms with van der Waals surface area (Å²) in [6.07, 6.45) is 1.87. The number of aromatic nitrogens is 2. The van der Waals surface area contributed by atoms with E-state index in [0.717, 1.165) is 75.0 Å². The maximum atomic E-state index is 5.91. The summed E-state index contributed by atoms with van der Waals surface area (Å²) >= 11 is 0. The van der Waals surface area contributed by atoms with Gasteiger partial charge in [-0.2, -0.15) is 0 Å². The van der Waals surface area contributed by atoms with E-state index >= 15 is 0 Å². The highest BCUT2D eigenvalue weighted by atomic mass is 16.5. The first-order valence-electron chi connectivity index (χ1n) is 10.9. The molecule has 7 nitrogen and oxygen atoms in total. The van der Waals surface area contributed by atoms with Crippen molar-refractivity contribution in [3.8, 4) is 11.5 Å². The van der Waals surface area contributed by atoms with Crippen molar-refractivity contribution in [1.82, 2.24) is 19.4 Å². The monoisotopic (exact) mass is 424 g/mol. The molecule has 3 aromatic rings. The quantitative estimate of drug-likeness (QED) is 0.467. The third-order valence-corrected chi connectivity index (χ3v) is 5.89. The smallest absolute Gasteiger partial charge is 0.121 e. The first kappa shape index (κ1) is 21.6. The summed E-state index contributed by atoms with van der Waals surface area (Å²) in [4.78, 5) is 9.46. The molecule has 0 atom stereocenters. The minimum absolute atomic E-state index is 0.689. The Morgan fingerprint density at radius 3 is 2.23 bits per heavy atom. The molecule has 0 saturated carbocycles. The number of methoxy groups -OCH3 is 2. The van der Waals surface area contributed by atoms with Gasteiger partial charge >= 0.3 is 0 Å². The van der Waals surface area contributed by atoms with Crippen molar-refractivity contribution in [2.45, 2.75) is 13.1 Å². The van der Waals surface area contributed by atoms with Crippen molar-refractivity contribution in [2.24, 2.45) is 0 Å². The number of piperazine rings is 1. The molecule has 0 spiro atoms. The van der Waals surface area contributed by atoms with E-state index in [4.69, 9.17) is 14.2 Å². The average Bonchev–Trinajstić information content (AvgIpc) is 3.22. The first-order valence-corrected chi connectivity index (χ1v) is 10.9. The summed E-state index contributed by atoms with van der Waals surface area (Å²) in [7, 11) is 3.38. The van der Waals surface area contributed by atoms with E-state index in [1.807, 2.05) is 36.7 Å². The number of nitrogens with zero attached hydrogens (tertiary/aromatic N) is 4. The van der Waals surface area contributed by atoms with E-state index in [0.29, 0.717) is 6.61 Å². The van der Waals surface area contributed by atoms with Crippen LogP contribution in [-0.2, 0) is 17.8 Å². The molecule has 0 bridgehead atoms. The van der Waals surface area contributed by atoms with Gasteiger partial charge in [-0.05, 0) is 29.8 Å². The Labute approximate surface area is 184 Å². The molecular formula is C24H32N4O3. The maximum absolute atomic E-state index is 5.91. The van der Waals surface area contributed by atoms with Gasteiger partial charge in [0.2, 0.25) is 0 Å². The Balaban J connectivity index is 1.12. The number of rotatable bonds is 10. The highest BCUT2D eigenvalue weighted by molar-refractivity contribution is 5.76. The molecule has 1 aliphatic heterocycles. The Bertz CT molecular complexity index is 949. The lowest BCUT2D eigenvalue weighted by Crippen LogP contribution is -2.46. The fraction of sp³-hybridized carbons (Fsp3) is 0.458. The molecule has 2 heterocycles. The summed E-state index contributed by atoms with van der Waals surface area (Å²) in [5, 5.41) is 0. The second kappa shape index (κ2) is 10.6. The van der Waals surface area contributed by atoms with Crippen LogP contribution in [0, 0.1) is 0 Å². The molecule has 7 heteroatoms. The Morgan fingerprint density at radius 2 is 1.48 bits per heavy atom. The lowest BCUT2D eigenvalue weighted by molar-refractivity contribution is 0.0707. The average molecular weight is 425 g/mol. The van der Waals surface area contributed by atoms with Gasteiger partial charge in [0.25, 0.3) is 0 Å². The van der Waals surface area contributed by atoms with Crippen molar-refractivity contribution in [2.75, 3.05) is 60.2 Å². The van der Waals surface area contributed by atoms with Gasteiger partial charge in [-0.1, -0.05) is 12.1 Å². The highest BCUT2D eigenvalue weighted by Gasteiger charge is 2.16. The number of benzene rings is 2. The van der Waals surface area contributed by atoms with E-state index < -0.39 is 0 Å². The van der Waals surface area contributed by atoms with Crippen LogP contribution >= 0.6 is 0 Å². The van der Waals surface area contributed by atoms with Crippen LogP contribution in [0.2, 0.25) is 0 Å². The standard InChI is InChI=1S/C24H32N4O3/c1-29-21-5-3-20(4-6-21)18-27-11-9-26(10-12-27)13-15-31-16-14-28-19-25-23-17-22(30-2)7-8-24(23)28/h3-8,17,19H,9-16,18H2,1-2H3. The summed E-state index contributed by atoms with van der Waals surface area (Å²) in [5.74, 6) is 1.74. The Morgan fingerprint density at radius 1 is 0.806 bits per heavy atom. The fourth-order valence-electron chi connectivity index (χ4n) is 3.97. The van der Waals surface area contributed by atoms with Gasteiger partial charge < -0.3 is 18.8 Å². The number of hydrogen-bond acceptors (Lipinski definition) is 6. The van der Waals surface area contributed by atoms with Crippen molar-refractivity contribution >= 4 is 11.0 Å². The van der Waals surface area contributed by atoms with Crippen LogP contribution in [0.1, 0.15) is 5.56 Å². The molecule has 0 unspecified atom stereocenters. The molecule has 0 radical (unpaired) electrons. The van der Waals surface area contributed by atoms with Gasteiger partial charge in [0.15, 0.2) is 0 Å². The van der Waals surface area contributed by atoms with Crippen LogP contribution in [-0.4, -0.2) is 79.5 Å². The third kappa shape index (κ3) is 5.76. The van der Waals surface area contributed by atoms with Crippen molar-refractivity contribution in [3.05, 3.63) is 54.4 Å². The summed E-state index contributed by atoms with van der Waals surface area (Å²) in [5.41, 5.74) is 3.40. The fourth-order valence-corrected chi connectivity index (χ4v) is 3.97. The van der Waals surface area contributed by atoms with Crippen LogP contribution in [0.15, 0.2) is 48.8 Å². The third-order valence-electron chi connectivity index (χ3n) is 5.89. The highest BCUT2D eigenvalue weighted by Crippen LogP contribution is 2.19. The van der Waals surface area contributed by atoms with Gasteiger partial charge in [0.05, 0.1) is 44.8 Å². The van der Waals surface area contributed by atoms with Gasteiger partial charge in [-0.15, -0.1) is 0 Å². The second-order valence-corrected chi connectivity index (χ2v) is 7.87. The molecule has 4 rings (SSSR count). The van der Waals surface area contributed by atoms with Crippen LogP contribution in [0.4, 0.5) is 0 Å². The summed E-state index contributed by atoms with van der Waals surface area (Å²) < 4.78 is 18.5. The SMILES string of the molecule is COc1ccc(CN2CCN(CCOCCn3cnc4cc(OC)ccc43)CC2)cc1. The Kier molecular flexibility index (Phi) is 7.40. The van der Waals surface area contributed by atoms with Gasteiger partial charge in [0.1, 0.15) is 11.5 Å². The van der Waals surface area contributed by atoms with E-state index in [-0.39, 0.29) is 0 Å². The molecule has 166 valence electrons. The lowest BCUT2D eigenvalue weighted by Gasteiger charge is -2.34. The zero-order valence-corrected chi connectivity index (χ0v) is 18.5. The zero-order valence-electron chi connectivity index (χ0n) is 18.5. The predicted molar refractivity (Wildman–Crippen MR) is 122 cm³/mol. The lowest BCUT2D eigenvalue weighted by atomic mass is 10.2. The molecule has 0 aliphatic carbocycles. The van der Waals surface area contributed by atoms with E-state index in [1.54, 1.807) is 14.2 Å². The van der Waals surface area contributed by atoms with Crippen LogP contribution in [0.3, 0.4) is 0 Å². The van der Waals surface area contributed by atoms with Gasteiger partial charge in [-0.25, -0.2) is 4.98 Å². The number of ether oxygens (including phenoxy) is 3. The largest absolute Gasteiger partial charge is 0.497 e. The summed E-state index contributed by atoms with van der Waals surface area (Å²) in [6.45, 7) is 8.61. The molecular weight excluding hydrogens is 392 g/mol. The van der Waals surface area contributed by atoms with Crippen LogP contribution in [0.5, 0.6) is 11.5 Å². The molecule has 1 fully saturated rings. The number of hydrogen-bond donors (Lipinski definition) is 0. The normalized spacial score (nSPS) is 15.4. The van der Waals surface area contributed by atoms with Gasteiger partial charge in [-0.3, -0.25) is 9.80 Å². The van der Waals surface area contributed by atoms with E-state index in [9.17, 15) is 0 Å². The van der Waals surface area contributed by atoms with Crippen molar-refractivity contribution in [3.63, 3.8) is 0 Å². The molecule has 0 N–H and O–H groups in total. The van der Waals surface area contributed by atoms with Crippen molar-refractivity contribution < 1.29 is 14.2 Å². The molecule has 0 amide bonds. The van der Waals surface area contributed by atoms with Crippen LogP contribution in [0.25, 0.3) is 11.0 Å². The molecule has 1 aliphatic rings. The second-order valence-electron chi connectivity index (χ2n) is 7.87. The minimum Gasteiger partial charge on any atom is -0.497 e. The molecule has 2 aromatic carbocycles. The Hall–Kier alpha value is -2.61. The maximum Gasteiger partial charge on any atom is 0.121 e. The molecule has 1 aromatic heterocycles. The molecule has 31 heavy (non-hydrogen) atoms. The topological polar surface area (TPSA) is 52.0 Å². The predicted octanol–water partition coefficient (Wildman–Crippen LogP) is 2.89. The molecule has 1 saturated heterocycles. The van der Waals surface area contributed by atoms with Crippen LogP contribution < -0.4 is 9.47 Å². The zero-order chi connectivity index (χ0) is 21.5.